The standard InChI is InChI=1S/C20H24N2O3/c1-22(14-15-7-5-8-16(13-15)24-2)20(23)21-18-10-6-12-25-19-11-4-3-9-17(18)19/h3-5,7-9,11,13,18H,6,10,12,14H2,1-2H3,(H,21,23). The molecule has 3 rings (SSSR count). The lowest BCUT2D eigenvalue weighted by atomic mass is 10.0. The van der Waals surface area contributed by atoms with Crippen molar-refractivity contribution in [3.63, 3.8) is 0 Å². The zero-order valence-electron chi connectivity index (χ0n) is 14.7. The van der Waals surface area contributed by atoms with Gasteiger partial charge in [-0.05, 0) is 36.6 Å². The van der Waals surface area contributed by atoms with E-state index >= 15 is 0 Å². The van der Waals surface area contributed by atoms with Crippen LogP contribution in [-0.4, -0.2) is 31.7 Å². The van der Waals surface area contributed by atoms with Gasteiger partial charge in [0.05, 0.1) is 19.8 Å². The van der Waals surface area contributed by atoms with Crippen molar-refractivity contribution in [3.8, 4) is 11.5 Å². The monoisotopic (exact) mass is 340 g/mol. The van der Waals surface area contributed by atoms with E-state index in [-0.39, 0.29) is 12.1 Å². The number of nitrogens with zero attached hydrogens (tertiary/aromatic N) is 1. The van der Waals surface area contributed by atoms with Crippen LogP contribution >= 0.6 is 0 Å². The Bertz CT molecular complexity index is 732. The zero-order chi connectivity index (χ0) is 17.6. The molecule has 1 unspecified atom stereocenters. The Kier molecular flexibility index (Phi) is 5.43. The molecule has 1 aliphatic heterocycles. The molecule has 2 aromatic carbocycles. The SMILES string of the molecule is COc1cccc(CN(C)C(=O)NC2CCCOc3ccccc32)c1. The van der Waals surface area contributed by atoms with Gasteiger partial charge in [0.15, 0.2) is 0 Å². The van der Waals surface area contributed by atoms with Crippen LogP contribution in [0.1, 0.15) is 30.0 Å². The van der Waals surface area contributed by atoms with Gasteiger partial charge in [-0.2, -0.15) is 0 Å². The molecular weight excluding hydrogens is 316 g/mol. The maximum atomic E-state index is 12.6. The molecule has 0 bridgehead atoms. The maximum Gasteiger partial charge on any atom is 0.317 e. The topological polar surface area (TPSA) is 50.8 Å². The van der Waals surface area contributed by atoms with Crippen LogP contribution in [0.4, 0.5) is 4.79 Å². The Balaban J connectivity index is 1.67. The van der Waals surface area contributed by atoms with Gasteiger partial charge in [0.25, 0.3) is 0 Å². The number of nitrogens with one attached hydrogen (secondary N) is 1. The summed E-state index contributed by atoms with van der Waals surface area (Å²) in [6.45, 7) is 1.21. The number of hydrogen-bond acceptors (Lipinski definition) is 3. The number of carbonyl (C=O) groups excluding carboxylic acids is 1. The quantitative estimate of drug-likeness (QED) is 0.922. The fourth-order valence-electron chi connectivity index (χ4n) is 3.05. The summed E-state index contributed by atoms with van der Waals surface area (Å²) in [4.78, 5) is 14.3. The van der Waals surface area contributed by atoms with Crippen molar-refractivity contribution in [2.45, 2.75) is 25.4 Å². The third-order valence-corrected chi connectivity index (χ3v) is 4.39. The molecule has 25 heavy (non-hydrogen) atoms. The lowest BCUT2D eigenvalue weighted by molar-refractivity contribution is 0.202. The van der Waals surface area contributed by atoms with Crippen LogP contribution in [0.2, 0.25) is 0 Å². The fraction of sp³-hybridized carbons (Fsp3) is 0.350. The predicted octanol–water partition coefficient (Wildman–Crippen LogP) is 3.75. The van der Waals surface area contributed by atoms with E-state index in [1.807, 2.05) is 48.5 Å². The molecule has 0 aromatic heterocycles. The second kappa shape index (κ2) is 7.92. The summed E-state index contributed by atoms with van der Waals surface area (Å²) in [5.74, 6) is 1.65. The number of para-hydroxylation sites is 1. The van der Waals surface area contributed by atoms with Gasteiger partial charge in [0.1, 0.15) is 11.5 Å². The minimum atomic E-state index is -0.0930. The second-order valence-corrected chi connectivity index (χ2v) is 6.24. The molecule has 2 aromatic rings. The van der Waals surface area contributed by atoms with Crippen molar-refractivity contribution in [1.29, 1.82) is 0 Å². The molecule has 132 valence electrons. The molecule has 0 spiro atoms. The zero-order valence-corrected chi connectivity index (χ0v) is 14.7. The minimum Gasteiger partial charge on any atom is -0.497 e. The van der Waals surface area contributed by atoms with Crippen LogP contribution in [0, 0.1) is 0 Å². The molecule has 5 heteroatoms. The van der Waals surface area contributed by atoms with Crippen molar-refractivity contribution < 1.29 is 14.3 Å². The van der Waals surface area contributed by atoms with Crippen LogP contribution in [-0.2, 0) is 6.54 Å². The summed E-state index contributed by atoms with van der Waals surface area (Å²) in [5, 5.41) is 3.14. The van der Waals surface area contributed by atoms with E-state index in [9.17, 15) is 4.79 Å². The normalized spacial score (nSPS) is 16.2. The average Bonchev–Trinajstić information content (AvgIpc) is 2.84. The van der Waals surface area contributed by atoms with Gasteiger partial charge in [-0.25, -0.2) is 4.79 Å². The highest BCUT2D eigenvalue weighted by atomic mass is 16.5. The summed E-state index contributed by atoms with van der Waals surface area (Å²) < 4.78 is 11.0. The molecule has 0 saturated carbocycles. The van der Waals surface area contributed by atoms with Crippen LogP contribution in [0.25, 0.3) is 0 Å². The first-order valence-electron chi connectivity index (χ1n) is 8.53. The number of amides is 2. The number of benzene rings is 2. The predicted molar refractivity (Wildman–Crippen MR) is 96.9 cm³/mol. The Morgan fingerprint density at radius 3 is 2.96 bits per heavy atom. The molecule has 0 fully saturated rings. The Morgan fingerprint density at radius 2 is 2.12 bits per heavy atom. The van der Waals surface area contributed by atoms with Crippen molar-refractivity contribution in [2.75, 3.05) is 20.8 Å². The first kappa shape index (κ1) is 17.1. The summed E-state index contributed by atoms with van der Waals surface area (Å²) in [6.07, 6.45) is 1.79. The summed E-state index contributed by atoms with van der Waals surface area (Å²) in [7, 11) is 3.44. The first-order valence-corrected chi connectivity index (χ1v) is 8.53. The highest BCUT2D eigenvalue weighted by molar-refractivity contribution is 5.74. The van der Waals surface area contributed by atoms with Gasteiger partial charge in [-0.3, -0.25) is 0 Å². The number of methoxy groups -OCH3 is 1. The minimum absolute atomic E-state index is 0.0287. The number of carbonyl (C=O) groups is 1. The van der Waals surface area contributed by atoms with Crippen molar-refractivity contribution in [2.24, 2.45) is 0 Å². The van der Waals surface area contributed by atoms with Gasteiger partial charge < -0.3 is 19.7 Å². The molecule has 1 N–H and O–H groups in total. The first-order chi connectivity index (χ1) is 12.2. The molecule has 0 saturated heterocycles. The lowest BCUT2D eigenvalue weighted by Crippen LogP contribution is -2.39. The largest absolute Gasteiger partial charge is 0.497 e. The summed E-state index contributed by atoms with van der Waals surface area (Å²) in [6, 6.07) is 15.5. The van der Waals surface area contributed by atoms with Crippen molar-refractivity contribution in [3.05, 3.63) is 59.7 Å². The van der Waals surface area contributed by atoms with Crippen LogP contribution in [0.3, 0.4) is 0 Å². The molecule has 0 aliphatic carbocycles. The number of ether oxygens (including phenoxy) is 2. The Hall–Kier alpha value is -2.69. The molecule has 2 amide bonds. The maximum absolute atomic E-state index is 12.6. The van der Waals surface area contributed by atoms with Crippen LogP contribution < -0.4 is 14.8 Å². The molecular formula is C20H24N2O3. The summed E-state index contributed by atoms with van der Waals surface area (Å²) >= 11 is 0. The van der Waals surface area contributed by atoms with Gasteiger partial charge in [-0.1, -0.05) is 30.3 Å². The highest BCUT2D eigenvalue weighted by Gasteiger charge is 2.22. The highest BCUT2D eigenvalue weighted by Crippen LogP contribution is 2.31. The van der Waals surface area contributed by atoms with Gasteiger partial charge in [0.2, 0.25) is 0 Å². The van der Waals surface area contributed by atoms with E-state index in [1.165, 1.54) is 0 Å². The van der Waals surface area contributed by atoms with E-state index < -0.39 is 0 Å². The van der Waals surface area contributed by atoms with E-state index in [0.717, 1.165) is 35.5 Å². The van der Waals surface area contributed by atoms with Gasteiger partial charge in [0, 0.05) is 19.2 Å². The fourth-order valence-corrected chi connectivity index (χ4v) is 3.05. The van der Waals surface area contributed by atoms with Gasteiger partial charge in [-0.15, -0.1) is 0 Å². The molecule has 0 radical (unpaired) electrons. The van der Waals surface area contributed by atoms with E-state index in [2.05, 4.69) is 5.32 Å². The number of rotatable bonds is 4. The molecule has 5 nitrogen and oxygen atoms in total. The van der Waals surface area contributed by atoms with Crippen LogP contribution in [0.5, 0.6) is 11.5 Å². The average molecular weight is 340 g/mol. The Morgan fingerprint density at radius 1 is 1.28 bits per heavy atom. The second-order valence-electron chi connectivity index (χ2n) is 6.24. The Labute approximate surface area is 148 Å². The molecule has 1 heterocycles. The molecule has 1 atom stereocenters. The number of hydrogen-bond donors (Lipinski definition) is 1. The van der Waals surface area contributed by atoms with E-state index in [0.29, 0.717) is 13.2 Å². The van der Waals surface area contributed by atoms with Crippen LogP contribution in [0.15, 0.2) is 48.5 Å². The number of urea groups is 1. The summed E-state index contributed by atoms with van der Waals surface area (Å²) in [5.41, 5.74) is 2.07. The van der Waals surface area contributed by atoms with E-state index in [1.54, 1.807) is 19.1 Å². The third-order valence-electron chi connectivity index (χ3n) is 4.39. The number of fused-ring (bicyclic) bond motifs is 1. The van der Waals surface area contributed by atoms with Crippen molar-refractivity contribution in [1.82, 2.24) is 10.2 Å². The van der Waals surface area contributed by atoms with Gasteiger partial charge >= 0.3 is 6.03 Å². The lowest BCUT2D eigenvalue weighted by Gasteiger charge is -2.23. The van der Waals surface area contributed by atoms with Crippen molar-refractivity contribution >= 4 is 6.03 Å². The smallest absolute Gasteiger partial charge is 0.317 e. The van der Waals surface area contributed by atoms with E-state index in [4.69, 9.17) is 9.47 Å². The third kappa shape index (κ3) is 4.24. The molecule has 1 aliphatic rings.